The predicted molar refractivity (Wildman–Crippen MR) is 72.3 cm³/mol. The monoisotopic (exact) mass is 327 g/mol. The lowest BCUT2D eigenvalue weighted by molar-refractivity contribution is -0.385. The van der Waals surface area contributed by atoms with E-state index in [0.29, 0.717) is 5.75 Å². The van der Waals surface area contributed by atoms with Crippen LogP contribution in [0.3, 0.4) is 0 Å². The zero-order valence-electron chi connectivity index (χ0n) is 8.97. The summed E-state index contributed by atoms with van der Waals surface area (Å²) >= 11 is 9.21. The fourth-order valence-electron chi connectivity index (χ4n) is 1.36. The normalized spacial score (nSPS) is 10.1. The van der Waals surface area contributed by atoms with Gasteiger partial charge in [-0.1, -0.05) is 33.6 Å². The van der Waals surface area contributed by atoms with Gasteiger partial charge in [0.1, 0.15) is 5.75 Å². The lowest BCUT2D eigenvalue weighted by Gasteiger charge is -2.07. The molecule has 0 radical (unpaired) electrons. The first kappa shape index (κ1) is 12.9. The lowest BCUT2D eigenvalue weighted by Crippen LogP contribution is -1.93. The molecule has 0 amide bonds. The number of halogens is 2. The molecule has 0 aliphatic rings. The number of nitrogens with zero attached hydrogens (tertiary/aromatic N) is 1. The van der Waals surface area contributed by atoms with E-state index < -0.39 is 4.92 Å². The molecule has 2 aromatic rings. The number of benzene rings is 2. The van der Waals surface area contributed by atoms with Crippen molar-refractivity contribution in [3.63, 3.8) is 0 Å². The van der Waals surface area contributed by atoms with Crippen LogP contribution in [0.15, 0.2) is 46.9 Å². The molecule has 6 heteroatoms. The van der Waals surface area contributed by atoms with Gasteiger partial charge in [0.15, 0.2) is 0 Å². The third kappa shape index (κ3) is 2.80. The van der Waals surface area contributed by atoms with E-state index in [4.69, 9.17) is 16.3 Å². The maximum absolute atomic E-state index is 10.9. The number of nitro groups is 1. The van der Waals surface area contributed by atoms with Crippen molar-refractivity contribution in [3.8, 4) is 11.5 Å². The Morgan fingerprint density at radius 3 is 2.44 bits per heavy atom. The average molecular weight is 329 g/mol. The van der Waals surface area contributed by atoms with Crippen molar-refractivity contribution in [2.45, 2.75) is 0 Å². The first-order chi connectivity index (χ1) is 8.58. The van der Waals surface area contributed by atoms with Crippen LogP contribution >= 0.6 is 27.5 Å². The lowest BCUT2D eigenvalue weighted by atomic mass is 10.3. The molecular weight excluding hydrogens is 321 g/mol. The molecule has 0 atom stereocenters. The van der Waals surface area contributed by atoms with Gasteiger partial charge in [-0.05, 0) is 30.3 Å². The molecular formula is C12H7BrClNO3. The quantitative estimate of drug-likeness (QED) is 0.600. The maximum atomic E-state index is 10.9. The van der Waals surface area contributed by atoms with E-state index in [2.05, 4.69) is 15.9 Å². The van der Waals surface area contributed by atoms with Crippen LogP contribution in [0.1, 0.15) is 0 Å². The summed E-state index contributed by atoms with van der Waals surface area (Å²) in [5, 5.41) is 11.1. The Balaban J connectivity index is 2.39. The molecule has 0 saturated heterocycles. The molecule has 0 heterocycles. The van der Waals surface area contributed by atoms with E-state index in [-0.39, 0.29) is 16.5 Å². The van der Waals surface area contributed by atoms with Crippen molar-refractivity contribution in [1.82, 2.24) is 0 Å². The van der Waals surface area contributed by atoms with Gasteiger partial charge in [0.2, 0.25) is 5.75 Å². The molecule has 0 bridgehead atoms. The Labute approximate surface area is 116 Å². The summed E-state index contributed by atoms with van der Waals surface area (Å²) < 4.78 is 6.35. The number of hydrogen-bond donors (Lipinski definition) is 0. The number of hydrogen-bond acceptors (Lipinski definition) is 3. The van der Waals surface area contributed by atoms with E-state index in [1.807, 2.05) is 0 Å². The van der Waals surface area contributed by atoms with Crippen LogP contribution in [0.25, 0.3) is 0 Å². The smallest absolute Gasteiger partial charge is 0.313 e. The number of nitro benzene ring substituents is 1. The average Bonchev–Trinajstić information content (AvgIpc) is 2.34. The van der Waals surface area contributed by atoms with Crippen LogP contribution < -0.4 is 4.74 Å². The second-order valence-corrected chi connectivity index (χ2v) is 4.72. The van der Waals surface area contributed by atoms with Crippen molar-refractivity contribution in [2.24, 2.45) is 0 Å². The molecule has 0 unspecified atom stereocenters. The molecule has 2 rings (SSSR count). The highest BCUT2D eigenvalue weighted by molar-refractivity contribution is 9.10. The molecule has 18 heavy (non-hydrogen) atoms. The molecule has 4 nitrogen and oxygen atoms in total. The molecule has 0 aliphatic heterocycles. The number of rotatable bonds is 3. The SMILES string of the molecule is O=[N+]([O-])c1cccc(Cl)c1Oc1ccc(Br)cc1. The highest BCUT2D eigenvalue weighted by atomic mass is 79.9. The second kappa shape index (κ2) is 5.37. The molecule has 2 aromatic carbocycles. The Morgan fingerprint density at radius 1 is 1.17 bits per heavy atom. The van der Waals surface area contributed by atoms with Gasteiger partial charge < -0.3 is 4.74 Å². The summed E-state index contributed by atoms with van der Waals surface area (Å²) in [4.78, 5) is 10.4. The first-order valence-electron chi connectivity index (χ1n) is 4.94. The maximum Gasteiger partial charge on any atom is 0.313 e. The van der Waals surface area contributed by atoms with Crippen LogP contribution in [-0.2, 0) is 0 Å². The van der Waals surface area contributed by atoms with Gasteiger partial charge in [0.05, 0.1) is 9.95 Å². The van der Waals surface area contributed by atoms with E-state index in [1.54, 1.807) is 30.3 Å². The fraction of sp³-hybridized carbons (Fsp3) is 0. The summed E-state index contributed by atoms with van der Waals surface area (Å²) in [5.74, 6) is 0.529. The van der Waals surface area contributed by atoms with Crippen LogP contribution in [0.4, 0.5) is 5.69 Å². The van der Waals surface area contributed by atoms with Gasteiger partial charge in [-0.25, -0.2) is 0 Å². The van der Waals surface area contributed by atoms with E-state index in [1.165, 1.54) is 12.1 Å². The summed E-state index contributed by atoms with van der Waals surface area (Å²) in [6, 6.07) is 11.3. The van der Waals surface area contributed by atoms with Gasteiger partial charge in [-0.2, -0.15) is 0 Å². The van der Waals surface area contributed by atoms with E-state index in [9.17, 15) is 10.1 Å². The van der Waals surface area contributed by atoms with Gasteiger partial charge >= 0.3 is 5.69 Å². The van der Waals surface area contributed by atoms with Gasteiger partial charge in [-0.15, -0.1) is 0 Å². The van der Waals surface area contributed by atoms with Crippen molar-refractivity contribution in [2.75, 3.05) is 0 Å². The summed E-state index contributed by atoms with van der Waals surface area (Å²) in [6.45, 7) is 0. The fourth-order valence-corrected chi connectivity index (χ4v) is 1.84. The zero-order valence-corrected chi connectivity index (χ0v) is 11.3. The van der Waals surface area contributed by atoms with Crippen molar-refractivity contribution in [3.05, 3.63) is 62.1 Å². The zero-order chi connectivity index (χ0) is 13.1. The van der Waals surface area contributed by atoms with Crippen LogP contribution in [0, 0.1) is 10.1 Å². The minimum absolute atomic E-state index is 0.0477. The molecule has 0 aliphatic carbocycles. The topological polar surface area (TPSA) is 52.4 Å². The minimum atomic E-state index is -0.528. The van der Waals surface area contributed by atoms with E-state index in [0.717, 1.165) is 4.47 Å². The standard InChI is InChI=1S/C12H7BrClNO3/c13-8-4-6-9(7-5-8)18-12-10(14)2-1-3-11(12)15(16)17/h1-7H. The third-order valence-electron chi connectivity index (χ3n) is 2.18. The molecule has 0 N–H and O–H groups in total. The Bertz CT molecular complexity index is 586. The highest BCUT2D eigenvalue weighted by Crippen LogP contribution is 2.37. The van der Waals surface area contributed by atoms with Crippen molar-refractivity contribution in [1.29, 1.82) is 0 Å². The first-order valence-corrected chi connectivity index (χ1v) is 6.11. The van der Waals surface area contributed by atoms with Gasteiger partial charge in [0.25, 0.3) is 0 Å². The van der Waals surface area contributed by atoms with Crippen molar-refractivity contribution < 1.29 is 9.66 Å². The van der Waals surface area contributed by atoms with Gasteiger partial charge in [0, 0.05) is 10.5 Å². The van der Waals surface area contributed by atoms with Crippen molar-refractivity contribution >= 4 is 33.2 Å². The molecule has 92 valence electrons. The van der Waals surface area contributed by atoms with Crippen LogP contribution in [0.5, 0.6) is 11.5 Å². The Hall–Kier alpha value is -1.59. The predicted octanol–water partition coefficient (Wildman–Crippen LogP) is 4.80. The molecule has 0 spiro atoms. The second-order valence-electron chi connectivity index (χ2n) is 3.40. The Morgan fingerprint density at radius 2 is 1.83 bits per heavy atom. The summed E-state index contributed by atoms with van der Waals surface area (Å²) in [6.07, 6.45) is 0. The number of para-hydroxylation sites is 1. The molecule has 0 fully saturated rings. The summed E-state index contributed by atoms with van der Waals surface area (Å²) in [7, 11) is 0. The van der Waals surface area contributed by atoms with Crippen LogP contribution in [-0.4, -0.2) is 4.92 Å². The molecule has 0 saturated carbocycles. The number of ether oxygens (including phenoxy) is 1. The minimum Gasteiger partial charge on any atom is -0.449 e. The summed E-state index contributed by atoms with van der Waals surface area (Å²) in [5.41, 5.74) is -0.162. The third-order valence-corrected chi connectivity index (χ3v) is 3.00. The van der Waals surface area contributed by atoms with E-state index >= 15 is 0 Å². The Kier molecular flexibility index (Phi) is 3.84. The largest absolute Gasteiger partial charge is 0.449 e. The highest BCUT2D eigenvalue weighted by Gasteiger charge is 2.18. The molecule has 0 aromatic heterocycles. The van der Waals surface area contributed by atoms with Crippen LogP contribution in [0.2, 0.25) is 5.02 Å². The van der Waals surface area contributed by atoms with Gasteiger partial charge in [-0.3, -0.25) is 10.1 Å².